The number of anilines is 3. The predicted molar refractivity (Wildman–Crippen MR) is 215 cm³/mol. The Morgan fingerprint density at radius 1 is 0.893 bits per heavy atom. The lowest BCUT2D eigenvalue weighted by molar-refractivity contribution is -0.131. The highest BCUT2D eigenvalue weighted by Gasteiger charge is 2.44. The number of benzene rings is 3. The molecule has 294 valence electrons. The lowest BCUT2D eigenvalue weighted by atomic mass is 9.89. The van der Waals surface area contributed by atoms with Gasteiger partial charge in [0.25, 0.3) is 17.7 Å². The Morgan fingerprint density at radius 2 is 1.62 bits per heavy atom. The van der Waals surface area contributed by atoms with Crippen LogP contribution in [0.5, 0.6) is 0 Å². The average molecular weight is 781 g/mol. The molecular weight excluding hydrogens is 732 g/mol. The fourth-order valence-corrected chi connectivity index (χ4v) is 8.77. The second-order valence-corrected chi connectivity index (χ2v) is 15.5. The van der Waals surface area contributed by atoms with Crippen molar-refractivity contribution in [3.8, 4) is 6.07 Å². The largest absolute Gasteiger partial charge is 0.384 e. The number of hydrogen-bond donors (Lipinski definition) is 5. The fourth-order valence-electron chi connectivity index (χ4n) is 8.55. The van der Waals surface area contributed by atoms with Gasteiger partial charge in [-0.3, -0.25) is 24.1 Å². The summed E-state index contributed by atoms with van der Waals surface area (Å²) in [5.74, 6) is -1.54. The molecule has 3 heterocycles. The Morgan fingerprint density at radius 3 is 2.30 bits per heavy atom. The molecule has 4 amide bonds. The van der Waals surface area contributed by atoms with Crippen LogP contribution in [0.1, 0.15) is 94.9 Å². The van der Waals surface area contributed by atoms with Gasteiger partial charge in [0, 0.05) is 73.5 Å². The Balaban J connectivity index is 0.812. The molecule has 2 atom stereocenters. The Kier molecular flexibility index (Phi) is 12.1. The average Bonchev–Trinajstić information content (AvgIpc) is 3.45. The van der Waals surface area contributed by atoms with Gasteiger partial charge in [-0.05, 0) is 119 Å². The van der Waals surface area contributed by atoms with Crippen LogP contribution in [0.3, 0.4) is 0 Å². The molecule has 1 saturated carbocycles. The van der Waals surface area contributed by atoms with Crippen molar-refractivity contribution in [2.45, 2.75) is 88.7 Å². The number of halogens is 1. The van der Waals surface area contributed by atoms with Crippen molar-refractivity contribution in [1.82, 2.24) is 20.9 Å². The zero-order valence-electron chi connectivity index (χ0n) is 31.6. The molecule has 3 aromatic rings. The van der Waals surface area contributed by atoms with Gasteiger partial charge < -0.3 is 36.2 Å². The van der Waals surface area contributed by atoms with Crippen LogP contribution in [-0.2, 0) is 4.79 Å². The van der Waals surface area contributed by atoms with E-state index in [9.17, 15) is 29.5 Å². The third-order valence-electron chi connectivity index (χ3n) is 11.6. The first-order valence-corrected chi connectivity index (χ1v) is 20.1. The molecule has 0 spiro atoms. The second kappa shape index (κ2) is 17.3. The number of carbonyl (C=O) groups is 4. The van der Waals surface area contributed by atoms with Crippen LogP contribution in [0.15, 0.2) is 60.7 Å². The molecule has 3 aliphatic heterocycles. The monoisotopic (exact) mass is 780 g/mol. The number of imide groups is 1. The van der Waals surface area contributed by atoms with Crippen molar-refractivity contribution >= 4 is 52.3 Å². The van der Waals surface area contributed by atoms with Crippen LogP contribution in [-0.4, -0.2) is 96.8 Å². The summed E-state index contributed by atoms with van der Waals surface area (Å²) >= 11 is 6.32. The van der Waals surface area contributed by atoms with E-state index in [1.54, 1.807) is 24.3 Å². The summed E-state index contributed by atoms with van der Waals surface area (Å²) in [4.78, 5) is 57.4. The maximum atomic E-state index is 13.2. The van der Waals surface area contributed by atoms with Crippen molar-refractivity contribution < 1.29 is 24.3 Å². The smallest absolute Gasteiger partial charge is 0.262 e. The van der Waals surface area contributed by atoms with E-state index in [0.717, 1.165) is 86.7 Å². The van der Waals surface area contributed by atoms with E-state index in [0.29, 0.717) is 34.8 Å². The molecule has 0 radical (unpaired) electrons. The number of fused-ring (bicyclic) bond motifs is 1. The number of piperidine rings is 2. The minimum Gasteiger partial charge on any atom is -0.384 e. The number of carbonyl (C=O) groups excluding carboxylic acids is 4. The quantitative estimate of drug-likeness (QED) is 0.129. The van der Waals surface area contributed by atoms with Gasteiger partial charge in [0.1, 0.15) is 18.3 Å². The molecule has 5 N–H and O–H groups in total. The molecule has 14 heteroatoms. The molecule has 0 aromatic heterocycles. The van der Waals surface area contributed by atoms with Crippen LogP contribution in [0.25, 0.3) is 0 Å². The minimum absolute atomic E-state index is 0.0419. The molecule has 1 aliphatic carbocycles. The third kappa shape index (κ3) is 8.48. The number of amides is 4. The van der Waals surface area contributed by atoms with E-state index in [1.807, 2.05) is 36.4 Å². The molecule has 13 nitrogen and oxygen atoms in total. The Hall–Kier alpha value is -5.16. The number of hydrogen-bond acceptors (Lipinski definition) is 10. The van der Waals surface area contributed by atoms with Crippen molar-refractivity contribution in [3.63, 3.8) is 0 Å². The number of nitrogens with one attached hydrogen (secondary N) is 4. The standard InChI is InChI=1S/C42H49ClN8O5/c1-2-50(33-11-5-27(25-44)36(43)24-33)32-12-6-29(7-13-32)47-39(53)26-3-9-31(10-4-26)49-21-17-28(18-22-49)45-19-20-46-30-8-14-34-35(23-30)42(56)51(41(34)55)37-15-16-38(52)48-40(37)54/h3-5,8-11,14,23-24,28-29,32,37-38,45-46,52H,2,6-7,12-13,15-22H2,1H3,(H,47,53)(H,48,54)/t29-,32-,37?,38?. The molecule has 4 aliphatic rings. The van der Waals surface area contributed by atoms with Gasteiger partial charge in [0.15, 0.2) is 0 Å². The molecule has 3 fully saturated rings. The van der Waals surface area contributed by atoms with E-state index in [-0.39, 0.29) is 35.9 Å². The van der Waals surface area contributed by atoms with E-state index in [2.05, 4.69) is 44.1 Å². The van der Waals surface area contributed by atoms with Gasteiger partial charge in [-0.2, -0.15) is 5.26 Å². The maximum Gasteiger partial charge on any atom is 0.262 e. The molecule has 7 rings (SSSR count). The highest BCUT2D eigenvalue weighted by Crippen LogP contribution is 2.32. The normalized spacial score (nSPS) is 22.6. The summed E-state index contributed by atoms with van der Waals surface area (Å²) in [6.45, 7) is 6.12. The van der Waals surface area contributed by atoms with Gasteiger partial charge in [-0.1, -0.05) is 11.6 Å². The first-order valence-electron chi connectivity index (χ1n) is 19.7. The lowest BCUT2D eigenvalue weighted by Gasteiger charge is -2.38. The van der Waals surface area contributed by atoms with Crippen LogP contribution >= 0.6 is 11.6 Å². The summed E-state index contributed by atoms with van der Waals surface area (Å²) in [6, 6.07) is 20.6. The number of nitrogens with zero attached hydrogens (tertiary/aromatic N) is 4. The molecule has 2 unspecified atom stereocenters. The number of nitriles is 1. The number of rotatable bonds is 12. The summed E-state index contributed by atoms with van der Waals surface area (Å²) in [6.07, 6.45) is 5.24. The SMILES string of the molecule is CCN(c1ccc(C#N)c(Cl)c1)[C@H]1CC[C@H](NC(=O)c2ccc(N3CCC(NCCNc4ccc5c(c4)C(=O)N(C4CCC(O)NC4=O)C5=O)CC3)cc2)CC1. The first-order chi connectivity index (χ1) is 27.1. The summed E-state index contributed by atoms with van der Waals surface area (Å²) in [5, 5.41) is 32.0. The van der Waals surface area contributed by atoms with Crippen LogP contribution in [0.2, 0.25) is 5.02 Å². The molecule has 2 saturated heterocycles. The third-order valence-corrected chi connectivity index (χ3v) is 12.0. The van der Waals surface area contributed by atoms with Crippen molar-refractivity contribution in [2.75, 3.05) is 47.8 Å². The van der Waals surface area contributed by atoms with E-state index < -0.39 is 30.0 Å². The molecular formula is C42H49ClN8O5. The summed E-state index contributed by atoms with van der Waals surface area (Å²) in [5.41, 5.74) is 4.56. The van der Waals surface area contributed by atoms with Crippen LogP contribution in [0, 0.1) is 11.3 Å². The topological polar surface area (TPSA) is 170 Å². The van der Waals surface area contributed by atoms with Crippen molar-refractivity contribution in [3.05, 3.63) is 87.9 Å². The van der Waals surface area contributed by atoms with Gasteiger partial charge in [0.05, 0.1) is 21.7 Å². The Labute approximate surface area is 332 Å². The Bertz CT molecular complexity index is 1990. The molecule has 0 bridgehead atoms. The van der Waals surface area contributed by atoms with Gasteiger partial charge in [-0.15, -0.1) is 0 Å². The maximum absolute atomic E-state index is 13.2. The van der Waals surface area contributed by atoms with E-state index >= 15 is 0 Å². The van der Waals surface area contributed by atoms with Crippen molar-refractivity contribution in [1.29, 1.82) is 5.26 Å². The molecule has 3 aromatic carbocycles. The van der Waals surface area contributed by atoms with Gasteiger partial charge in [-0.25, -0.2) is 0 Å². The van der Waals surface area contributed by atoms with E-state index in [1.165, 1.54) is 0 Å². The zero-order valence-corrected chi connectivity index (χ0v) is 32.4. The predicted octanol–water partition coefficient (Wildman–Crippen LogP) is 4.64. The van der Waals surface area contributed by atoms with Crippen LogP contribution in [0.4, 0.5) is 17.1 Å². The fraction of sp³-hybridized carbons (Fsp3) is 0.452. The number of aliphatic hydroxyl groups excluding tert-OH is 1. The highest BCUT2D eigenvalue weighted by atomic mass is 35.5. The van der Waals surface area contributed by atoms with Crippen molar-refractivity contribution in [2.24, 2.45) is 0 Å². The summed E-state index contributed by atoms with van der Waals surface area (Å²) in [7, 11) is 0. The first kappa shape index (κ1) is 39.1. The zero-order chi connectivity index (χ0) is 39.3. The summed E-state index contributed by atoms with van der Waals surface area (Å²) < 4.78 is 0. The second-order valence-electron chi connectivity index (χ2n) is 15.1. The molecule has 56 heavy (non-hydrogen) atoms. The lowest BCUT2D eigenvalue weighted by Crippen LogP contribution is -2.55. The highest BCUT2D eigenvalue weighted by molar-refractivity contribution is 6.32. The van der Waals surface area contributed by atoms with Gasteiger partial charge in [0.2, 0.25) is 5.91 Å². The van der Waals surface area contributed by atoms with E-state index in [4.69, 9.17) is 11.6 Å². The van der Waals surface area contributed by atoms with Gasteiger partial charge >= 0.3 is 0 Å². The minimum atomic E-state index is -0.962. The van der Waals surface area contributed by atoms with Crippen LogP contribution < -0.4 is 31.1 Å². The number of aliphatic hydroxyl groups is 1.